The van der Waals surface area contributed by atoms with E-state index in [4.69, 9.17) is 14.5 Å². The van der Waals surface area contributed by atoms with Crippen molar-refractivity contribution in [2.24, 2.45) is 0 Å². The molecule has 2 aromatic carbocycles. The molecule has 7 nitrogen and oxygen atoms in total. The lowest BCUT2D eigenvalue weighted by Gasteiger charge is -2.28. The van der Waals surface area contributed by atoms with Gasteiger partial charge in [-0.3, -0.25) is 0 Å². The van der Waals surface area contributed by atoms with Crippen LogP contribution in [0.4, 0.5) is 17.3 Å². The minimum absolute atomic E-state index is 0.271. The van der Waals surface area contributed by atoms with Crippen LogP contribution >= 0.6 is 0 Å². The number of morpholine rings is 1. The molecule has 2 saturated heterocycles. The number of hydrogen-bond acceptors (Lipinski definition) is 7. The molecule has 7 heteroatoms. The van der Waals surface area contributed by atoms with Gasteiger partial charge >= 0.3 is 0 Å². The number of ether oxygens (including phenoxy) is 2. The van der Waals surface area contributed by atoms with Gasteiger partial charge in [0.2, 0.25) is 5.95 Å². The van der Waals surface area contributed by atoms with Crippen LogP contribution in [0.25, 0.3) is 10.9 Å². The predicted octanol–water partition coefficient (Wildman–Crippen LogP) is 3.34. The van der Waals surface area contributed by atoms with Crippen molar-refractivity contribution < 1.29 is 9.47 Å². The minimum atomic E-state index is 0.271. The van der Waals surface area contributed by atoms with Crippen molar-refractivity contribution in [2.45, 2.75) is 18.9 Å². The summed E-state index contributed by atoms with van der Waals surface area (Å²) in [5.74, 6) is 1.45. The van der Waals surface area contributed by atoms with Crippen molar-refractivity contribution in [2.75, 3.05) is 49.6 Å². The first kappa shape index (κ1) is 19.1. The van der Waals surface area contributed by atoms with Gasteiger partial charge in [-0.25, -0.2) is 9.97 Å². The molecular weight excluding hydrogens is 378 g/mol. The number of fused-ring (bicyclic) bond motifs is 1. The van der Waals surface area contributed by atoms with Crippen molar-refractivity contribution in [1.29, 1.82) is 0 Å². The number of anilines is 3. The molecule has 0 amide bonds. The van der Waals surface area contributed by atoms with Gasteiger partial charge in [-0.1, -0.05) is 0 Å². The largest absolute Gasteiger partial charge is 0.490 e. The topological polar surface area (TPSA) is 71.5 Å². The molecule has 3 heterocycles. The molecule has 2 aliphatic rings. The molecule has 30 heavy (non-hydrogen) atoms. The number of hydrogen-bond donors (Lipinski definition) is 2. The maximum Gasteiger partial charge on any atom is 0.227 e. The van der Waals surface area contributed by atoms with Crippen LogP contribution in [0.15, 0.2) is 48.7 Å². The predicted molar refractivity (Wildman–Crippen MR) is 119 cm³/mol. The fourth-order valence-electron chi connectivity index (χ4n) is 3.95. The Morgan fingerprint density at radius 2 is 1.83 bits per heavy atom. The van der Waals surface area contributed by atoms with E-state index >= 15 is 0 Å². The zero-order valence-corrected chi connectivity index (χ0v) is 17.0. The van der Waals surface area contributed by atoms with Gasteiger partial charge in [0.25, 0.3) is 0 Å². The van der Waals surface area contributed by atoms with Crippen LogP contribution in [0.2, 0.25) is 0 Å². The van der Waals surface area contributed by atoms with Crippen LogP contribution in [-0.4, -0.2) is 55.5 Å². The first-order valence-corrected chi connectivity index (χ1v) is 10.7. The fraction of sp³-hybridized carbons (Fsp3) is 0.391. The van der Waals surface area contributed by atoms with E-state index in [9.17, 15) is 0 Å². The number of nitrogens with one attached hydrogen (secondary N) is 2. The highest BCUT2D eigenvalue weighted by Gasteiger charge is 2.15. The molecule has 2 aliphatic heterocycles. The van der Waals surface area contributed by atoms with Crippen LogP contribution in [-0.2, 0) is 4.74 Å². The van der Waals surface area contributed by atoms with Gasteiger partial charge in [0.05, 0.1) is 18.7 Å². The Balaban J connectivity index is 1.29. The monoisotopic (exact) mass is 405 g/mol. The van der Waals surface area contributed by atoms with Crippen LogP contribution in [0.3, 0.4) is 0 Å². The van der Waals surface area contributed by atoms with Crippen molar-refractivity contribution in [3.63, 3.8) is 0 Å². The number of rotatable bonds is 5. The van der Waals surface area contributed by atoms with Crippen molar-refractivity contribution in [1.82, 2.24) is 15.3 Å². The molecule has 0 atom stereocenters. The van der Waals surface area contributed by atoms with Gasteiger partial charge in [-0.05, 0) is 62.3 Å². The zero-order valence-electron chi connectivity index (χ0n) is 17.0. The van der Waals surface area contributed by atoms with E-state index in [1.165, 1.54) is 5.69 Å². The maximum atomic E-state index is 6.16. The number of piperidine rings is 1. The van der Waals surface area contributed by atoms with Gasteiger partial charge in [-0.2, -0.15) is 0 Å². The Morgan fingerprint density at radius 3 is 2.63 bits per heavy atom. The Bertz CT molecular complexity index is 983. The van der Waals surface area contributed by atoms with Crippen LogP contribution in [0.1, 0.15) is 12.8 Å². The van der Waals surface area contributed by atoms with Gasteiger partial charge in [0.1, 0.15) is 11.9 Å². The highest BCUT2D eigenvalue weighted by Crippen LogP contribution is 2.24. The van der Waals surface area contributed by atoms with E-state index in [0.29, 0.717) is 5.95 Å². The molecule has 5 rings (SSSR count). The van der Waals surface area contributed by atoms with E-state index in [1.54, 1.807) is 0 Å². The van der Waals surface area contributed by atoms with Crippen molar-refractivity contribution in [3.8, 4) is 5.75 Å². The van der Waals surface area contributed by atoms with Crippen molar-refractivity contribution in [3.05, 3.63) is 48.7 Å². The molecule has 0 aliphatic carbocycles. The van der Waals surface area contributed by atoms with E-state index < -0.39 is 0 Å². The highest BCUT2D eigenvalue weighted by molar-refractivity contribution is 5.80. The molecule has 2 N–H and O–H groups in total. The summed E-state index contributed by atoms with van der Waals surface area (Å²) in [4.78, 5) is 11.5. The quantitative estimate of drug-likeness (QED) is 0.675. The van der Waals surface area contributed by atoms with E-state index in [1.807, 2.05) is 24.4 Å². The molecule has 0 bridgehead atoms. The van der Waals surface area contributed by atoms with Gasteiger partial charge < -0.3 is 25.0 Å². The van der Waals surface area contributed by atoms with E-state index in [-0.39, 0.29) is 6.10 Å². The smallest absolute Gasteiger partial charge is 0.227 e. The average molecular weight is 406 g/mol. The highest BCUT2D eigenvalue weighted by atomic mass is 16.5. The van der Waals surface area contributed by atoms with E-state index in [2.05, 4.69) is 44.8 Å². The molecular formula is C23H27N5O2. The second-order valence-electron chi connectivity index (χ2n) is 7.75. The summed E-state index contributed by atoms with van der Waals surface area (Å²) in [6.07, 6.45) is 4.19. The van der Waals surface area contributed by atoms with E-state index in [0.717, 1.165) is 74.6 Å². The van der Waals surface area contributed by atoms with Gasteiger partial charge in [-0.15, -0.1) is 0 Å². The standard InChI is InChI=1S/C23H27N5O2/c1-6-21(30-20-7-9-24-10-8-20)15-22-17(1)16-25-23(27-22)26-18-2-4-19(5-3-18)28-11-13-29-14-12-28/h1-6,15-16,20,24H,7-14H2,(H,25,26,27). The molecule has 156 valence electrons. The van der Waals surface area contributed by atoms with Crippen LogP contribution in [0, 0.1) is 0 Å². The van der Waals surface area contributed by atoms with Crippen LogP contribution < -0.4 is 20.3 Å². The molecule has 2 fully saturated rings. The SMILES string of the molecule is c1cc(N2CCOCC2)ccc1Nc1ncc2ccc(OC3CCNCC3)cc2n1. The third-order valence-corrected chi connectivity index (χ3v) is 5.64. The van der Waals surface area contributed by atoms with Crippen LogP contribution in [0.5, 0.6) is 5.75 Å². The molecule has 1 aromatic heterocycles. The Labute approximate surface area is 176 Å². The summed E-state index contributed by atoms with van der Waals surface area (Å²) < 4.78 is 11.6. The lowest BCUT2D eigenvalue weighted by atomic mass is 10.1. The number of nitrogens with zero attached hydrogens (tertiary/aromatic N) is 3. The molecule has 3 aromatic rings. The first-order chi connectivity index (χ1) is 14.8. The summed E-state index contributed by atoms with van der Waals surface area (Å²) in [6.45, 7) is 5.46. The number of aromatic nitrogens is 2. The molecule has 0 radical (unpaired) electrons. The van der Waals surface area contributed by atoms with Gasteiger partial charge in [0, 0.05) is 42.1 Å². The normalized spacial score (nSPS) is 17.8. The third-order valence-electron chi connectivity index (χ3n) is 5.64. The Kier molecular flexibility index (Phi) is 5.63. The third kappa shape index (κ3) is 4.47. The van der Waals surface area contributed by atoms with Gasteiger partial charge in [0.15, 0.2) is 0 Å². The molecule has 0 unspecified atom stereocenters. The first-order valence-electron chi connectivity index (χ1n) is 10.7. The zero-order chi connectivity index (χ0) is 20.2. The lowest BCUT2D eigenvalue weighted by Crippen LogP contribution is -2.36. The summed E-state index contributed by atoms with van der Waals surface area (Å²) in [6, 6.07) is 14.4. The molecule has 0 spiro atoms. The second-order valence-corrected chi connectivity index (χ2v) is 7.75. The lowest BCUT2D eigenvalue weighted by molar-refractivity contribution is 0.122. The maximum absolute atomic E-state index is 6.16. The average Bonchev–Trinajstić information content (AvgIpc) is 2.81. The fourth-order valence-corrected chi connectivity index (χ4v) is 3.95. The number of benzene rings is 2. The summed E-state index contributed by atoms with van der Waals surface area (Å²) in [5.41, 5.74) is 3.06. The Hall–Kier alpha value is -2.90. The summed E-state index contributed by atoms with van der Waals surface area (Å²) in [7, 11) is 0. The summed E-state index contributed by atoms with van der Waals surface area (Å²) >= 11 is 0. The van der Waals surface area contributed by atoms with Crippen molar-refractivity contribution >= 4 is 28.2 Å². The second kappa shape index (κ2) is 8.85. The Morgan fingerprint density at radius 1 is 1.03 bits per heavy atom. The molecule has 0 saturated carbocycles. The summed E-state index contributed by atoms with van der Waals surface area (Å²) in [5, 5.41) is 7.68. The minimum Gasteiger partial charge on any atom is -0.490 e.